The average molecular weight is 489 g/mol. The number of hydrogen-bond donors (Lipinski definition) is 2. The van der Waals surface area contributed by atoms with Gasteiger partial charge in [-0.3, -0.25) is 9.59 Å². The van der Waals surface area contributed by atoms with Crippen LogP contribution in [-0.4, -0.2) is 21.7 Å². The van der Waals surface area contributed by atoms with E-state index in [4.69, 9.17) is 23.2 Å². The van der Waals surface area contributed by atoms with Gasteiger partial charge in [0.2, 0.25) is 5.91 Å². The molecule has 0 spiro atoms. The lowest BCUT2D eigenvalue weighted by Gasteiger charge is -2.62. The van der Waals surface area contributed by atoms with Gasteiger partial charge < -0.3 is 10.6 Å². The highest BCUT2D eigenvalue weighted by atomic mass is 35.5. The normalized spacial score (nSPS) is 29.2. The maximum Gasteiger partial charge on any atom is 0.288 e. The summed E-state index contributed by atoms with van der Waals surface area (Å²) in [4.78, 5) is 25.5. The van der Waals surface area contributed by atoms with Crippen LogP contribution < -0.4 is 16.2 Å². The molecule has 1 amide bonds. The highest BCUT2D eigenvalue weighted by molar-refractivity contribution is 6.33. The van der Waals surface area contributed by atoms with Crippen molar-refractivity contribution in [3.05, 3.63) is 55.9 Å². The third-order valence-corrected chi connectivity index (χ3v) is 9.09. The van der Waals surface area contributed by atoms with Gasteiger partial charge in [-0.2, -0.15) is 5.10 Å². The van der Waals surface area contributed by atoms with Gasteiger partial charge in [0.25, 0.3) is 5.56 Å². The van der Waals surface area contributed by atoms with Gasteiger partial charge in [-0.25, -0.2) is 4.68 Å². The zero-order valence-corrected chi connectivity index (χ0v) is 20.7. The first-order valence-corrected chi connectivity index (χ1v) is 12.5. The van der Waals surface area contributed by atoms with Crippen LogP contribution in [0.3, 0.4) is 0 Å². The molecule has 1 unspecified atom stereocenters. The fraction of sp³-hybridized carbons (Fsp3) is 0.560. The monoisotopic (exact) mass is 488 g/mol. The van der Waals surface area contributed by atoms with Gasteiger partial charge in [-0.1, -0.05) is 50.0 Å². The summed E-state index contributed by atoms with van der Waals surface area (Å²) in [5.41, 5.74) is 2.72. The lowest BCUT2D eigenvalue weighted by atomic mass is 9.45. The van der Waals surface area contributed by atoms with Gasteiger partial charge in [-0.15, -0.1) is 0 Å². The van der Waals surface area contributed by atoms with Crippen LogP contribution in [0.25, 0.3) is 0 Å². The molecule has 0 radical (unpaired) electrons. The van der Waals surface area contributed by atoms with Crippen LogP contribution in [0.2, 0.25) is 10.0 Å². The lowest BCUT2D eigenvalue weighted by Crippen LogP contribution is -2.58. The van der Waals surface area contributed by atoms with E-state index in [1.54, 1.807) is 6.20 Å². The zero-order chi connectivity index (χ0) is 23.5. The lowest BCUT2D eigenvalue weighted by molar-refractivity contribution is -0.122. The van der Waals surface area contributed by atoms with Crippen molar-refractivity contribution < 1.29 is 4.79 Å². The molecule has 4 aliphatic rings. The molecule has 5 atom stereocenters. The molecule has 176 valence electrons. The van der Waals surface area contributed by atoms with E-state index in [0.29, 0.717) is 33.9 Å². The van der Waals surface area contributed by atoms with Crippen molar-refractivity contribution in [1.29, 1.82) is 0 Å². The van der Waals surface area contributed by atoms with Gasteiger partial charge in [0, 0.05) is 11.1 Å². The summed E-state index contributed by atoms with van der Waals surface area (Å²) in [5.74, 6) is 1.61. The third kappa shape index (κ3) is 3.95. The molecule has 1 heterocycles. The molecule has 2 aromatic rings. The number of carbonyl (C=O) groups excluding carboxylic acids is 1. The Morgan fingerprint density at radius 3 is 2.79 bits per heavy atom. The van der Waals surface area contributed by atoms with Gasteiger partial charge in [0.1, 0.15) is 11.6 Å². The molecular weight excluding hydrogens is 459 g/mol. The Hall–Kier alpha value is -2.05. The largest absolute Gasteiger partial charge is 0.379 e. The van der Waals surface area contributed by atoms with E-state index in [1.807, 2.05) is 18.2 Å². The first kappa shape index (κ1) is 22.7. The quantitative estimate of drug-likeness (QED) is 0.631. The minimum Gasteiger partial charge on any atom is -0.379 e. The molecule has 1 aromatic carbocycles. The molecule has 3 saturated carbocycles. The van der Waals surface area contributed by atoms with Crippen LogP contribution in [0.1, 0.15) is 57.2 Å². The van der Waals surface area contributed by atoms with E-state index < -0.39 is 5.56 Å². The summed E-state index contributed by atoms with van der Waals surface area (Å²) in [7, 11) is 0. The topological polar surface area (TPSA) is 76.0 Å². The number of rotatable bonds is 5. The van der Waals surface area contributed by atoms with Crippen LogP contribution in [-0.2, 0) is 17.8 Å². The van der Waals surface area contributed by atoms with Gasteiger partial charge >= 0.3 is 0 Å². The fourth-order valence-electron chi connectivity index (χ4n) is 6.33. The molecule has 8 heteroatoms. The molecule has 33 heavy (non-hydrogen) atoms. The molecule has 2 bridgehead atoms. The maximum absolute atomic E-state index is 12.8. The number of carbonyl (C=O) groups is 1. The number of benzene rings is 1. The van der Waals surface area contributed by atoms with Crippen LogP contribution in [0.4, 0.5) is 5.69 Å². The summed E-state index contributed by atoms with van der Waals surface area (Å²) in [6.07, 6.45) is 5.60. The Balaban J connectivity index is 1.24. The molecule has 4 aliphatic carbocycles. The summed E-state index contributed by atoms with van der Waals surface area (Å²) in [6.45, 7) is 6.83. The minimum absolute atomic E-state index is 0.0830. The van der Waals surface area contributed by atoms with Crippen LogP contribution in [0, 0.1) is 23.2 Å². The number of fused-ring (bicyclic) bond motifs is 3. The van der Waals surface area contributed by atoms with E-state index in [1.165, 1.54) is 6.42 Å². The average Bonchev–Trinajstić information content (AvgIpc) is 3.15. The summed E-state index contributed by atoms with van der Waals surface area (Å²) in [5, 5.41) is 11.5. The van der Waals surface area contributed by atoms with Gasteiger partial charge in [-0.05, 0) is 72.1 Å². The second-order valence-corrected chi connectivity index (χ2v) is 11.4. The Kier molecular flexibility index (Phi) is 5.73. The first-order chi connectivity index (χ1) is 15.6. The zero-order valence-electron chi connectivity index (χ0n) is 19.2. The van der Waals surface area contributed by atoms with Crippen molar-refractivity contribution >= 4 is 34.8 Å². The minimum atomic E-state index is -0.454. The van der Waals surface area contributed by atoms with E-state index in [9.17, 15) is 9.59 Å². The van der Waals surface area contributed by atoms with Crippen LogP contribution >= 0.6 is 23.2 Å². The predicted molar refractivity (Wildman–Crippen MR) is 131 cm³/mol. The number of halogens is 2. The number of hydrogen-bond acceptors (Lipinski definition) is 4. The second-order valence-electron chi connectivity index (χ2n) is 10.5. The summed E-state index contributed by atoms with van der Waals surface area (Å²) >= 11 is 12.5. The smallest absolute Gasteiger partial charge is 0.288 e. The Bertz CT molecular complexity index is 1160. The third-order valence-electron chi connectivity index (χ3n) is 8.49. The van der Waals surface area contributed by atoms with E-state index in [2.05, 4.69) is 36.5 Å². The highest BCUT2D eigenvalue weighted by Gasteiger charge is 2.56. The van der Waals surface area contributed by atoms with Gasteiger partial charge in [0.15, 0.2) is 0 Å². The maximum atomic E-state index is 12.8. The molecule has 6 rings (SSSR count). The molecular formula is C25H30Cl2N4O2. The standard InChI is InChI=1S/C25H30Cl2N4O2/c1-13-18-9-15(25(18,2)3)10-20(13)29-21-11-28-31(24(33)23(21)27)12-22(32)30-19-7-4-14-8-16(26)5-6-17(14)19/h5-6,8,11,13,15,18-20,29H,4,7,9-10,12H2,1-3H3,(H,30,32)/t13-,15+,18-,19?,20-/m1/s1. The van der Waals surface area contributed by atoms with E-state index in [-0.39, 0.29) is 29.6 Å². The van der Waals surface area contributed by atoms with Gasteiger partial charge in [0.05, 0.1) is 17.9 Å². The molecule has 0 aliphatic heterocycles. The SMILES string of the molecule is C[C@@H]1[C@H]2C[C@@H](C[C@H]1Nc1cnn(CC(=O)NC3CCc4cc(Cl)ccc43)c(=O)c1Cl)C2(C)C. The van der Waals surface area contributed by atoms with Crippen molar-refractivity contribution in [1.82, 2.24) is 15.1 Å². The summed E-state index contributed by atoms with van der Waals surface area (Å²) in [6, 6.07) is 5.92. The Labute approximate surface area is 204 Å². The predicted octanol–water partition coefficient (Wildman–Crippen LogP) is 4.84. The number of aromatic nitrogens is 2. The number of amides is 1. The Morgan fingerprint density at radius 1 is 1.27 bits per heavy atom. The number of anilines is 1. The van der Waals surface area contributed by atoms with Crippen LogP contribution in [0.5, 0.6) is 0 Å². The molecule has 1 aromatic heterocycles. The Morgan fingerprint density at radius 2 is 2.06 bits per heavy atom. The van der Waals surface area contributed by atoms with Crippen molar-refractivity contribution in [3.63, 3.8) is 0 Å². The van der Waals surface area contributed by atoms with Crippen molar-refractivity contribution in [3.8, 4) is 0 Å². The van der Waals surface area contributed by atoms with E-state index >= 15 is 0 Å². The van der Waals surface area contributed by atoms with Crippen molar-refractivity contribution in [2.45, 2.75) is 65.1 Å². The van der Waals surface area contributed by atoms with Crippen molar-refractivity contribution in [2.75, 3.05) is 5.32 Å². The van der Waals surface area contributed by atoms with E-state index in [0.717, 1.165) is 35.1 Å². The summed E-state index contributed by atoms with van der Waals surface area (Å²) < 4.78 is 1.13. The number of nitrogens with one attached hydrogen (secondary N) is 2. The highest BCUT2D eigenvalue weighted by Crippen LogP contribution is 2.61. The molecule has 3 fully saturated rings. The molecule has 0 saturated heterocycles. The second kappa shape index (κ2) is 8.31. The molecule has 6 nitrogen and oxygen atoms in total. The number of aryl methyl sites for hydroxylation is 1. The first-order valence-electron chi connectivity index (χ1n) is 11.7. The van der Waals surface area contributed by atoms with Crippen molar-refractivity contribution in [2.24, 2.45) is 23.2 Å². The molecule has 2 N–H and O–H groups in total. The van der Waals surface area contributed by atoms with Crippen LogP contribution in [0.15, 0.2) is 29.2 Å². The fourth-order valence-corrected chi connectivity index (χ4v) is 6.73. The number of nitrogens with zero attached hydrogens (tertiary/aromatic N) is 2.